The number of nitrogens with one attached hydrogen (secondary N) is 2. The molecular weight excluding hydrogens is 338 g/mol. The Morgan fingerprint density at radius 3 is 2.29 bits per heavy atom. The highest BCUT2D eigenvalue weighted by molar-refractivity contribution is 7.89. The first-order valence-corrected chi connectivity index (χ1v) is 8.65. The molecule has 0 bridgehead atoms. The highest BCUT2D eigenvalue weighted by atomic mass is 32.2. The molecule has 0 aromatic heterocycles. The lowest BCUT2D eigenvalue weighted by atomic mass is 10.1. The second-order valence-electron chi connectivity index (χ2n) is 4.93. The van der Waals surface area contributed by atoms with Crippen LogP contribution < -0.4 is 10.0 Å². The van der Waals surface area contributed by atoms with Crippen LogP contribution in [0.4, 0.5) is 14.5 Å². The van der Waals surface area contributed by atoms with E-state index in [1.54, 1.807) is 12.1 Å². The Labute approximate surface area is 138 Å². The summed E-state index contributed by atoms with van der Waals surface area (Å²) in [5.41, 5.74) is 1.44. The van der Waals surface area contributed by atoms with E-state index in [4.69, 9.17) is 0 Å². The third kappa shape index (κ3) is 4.15. The van der Waals surface area contributed by atoms with Gasteiger partial charge in [0.25, 0.3) is 0 Å². The molecule has 2 aromatic carbocycles. The van der Waals surface area contributed by atoms with E-state index >= 15 is 0 Å². The van der Waals surface area contributed by atoms with Gasteiger partial charge in [-0.1, -0.05) is 31.2 Å². The van der Waals surface area contributed by atoms with Crippen molar-refractivity contribution in [2.75, 3.05) is 11.9 Å². The molecule has 0 aliphatic carbocycles. The summed E-state index contributed by atoms with van der Waals surface area (Å²) in [6.45, 7) is 1.27. The van der Waals surface area contributed by atoms with Gasteiger partial charge in [0.2, 0.25) is 15.9 Å². The monoisotopic (exact) mass is 354 g/mol. The summed E-state index contributed by atoms with van der Waals surface area (Å²) in [4.78, 5) is 10.8. The topological polar surface area (TPSA) is 75.3 Å². The lowest BCUT2D eigenvalue weighted by Gasteiger charge is -2.11. The van der Waals surface area contributed by atoms with Gasteiger partial charge in [0, 0.05) is 5.69 Å². The lowest BCUT2D eigenvalue weighted by molar-refractivity contribution is -0.115. The van der Waals surface area contributed by atoms with Crippen molar-refractivity contribution in [1.82, 2.24) is 4.72 Å². The molecule has 0 saturated heterocycles. The van der Waals surface area contributed by atoms with E-state index in [2.05, 4.69) is 5.32 Å². The van der Waals surface area contributed by atoms with E-state index < -0.39 is 39.0 Å². The zero-order valence-corrected chi connectivity index (χ0v) is 13.7. The average Bonchev–Trinajstić information content (AvgIpc) is 2.53. The molecule has 0 fully saturated rings. The molecule has 2 N–H and O–H groups in total. The second-order valence-corrected chi connectivity index (χ2v) is 6.64. The Balaban J connectivity index is 2.08. The second kappa shape index (κ2) is 7.50. The molecule has 128 valence electrons. The number of amides is 1. The van der Waals surface area contributed by atoms with Crippen LogP contribution in [0.1, 0.15) is 12.5 Å². The molecule has 0 spiro atoms. The van der Waals surface area contributed by atoms with Gasteiger partial charge >= 0.3 is 0 Å². The molecule has 8 heteroatoms. The van der Waals surface area contributed by atoms with Gasteiger partial charge in [-0.25, -0.2) is 21.9 Å². The quantitative estimate of drug-likeness (QED) is 0.837. The van der Waals surface area contributed by atoms with Gasteiger partial charge in [-0.05, 0) is 30.2 Å². The van der Waals surface area contributed by atoms with Crippen LogP contribution in [0, 0.1) is 11.6 Å². The van der Waals surface area contributed by atoms with Crippen molar-refractivity contribution in [3.05, 3.63) is 59.7 Å². The van der Waals surface area contributed by atoms with Crippen molar-refractivity contribution in [3.63, 3.8) is 0 Å². The smallest absolute Gasteiger partial charge is 0.246 e. The Bertz CT molecular complexity index is 834. The summed E-state index contributed by atoms with van der Waals surface area (Å²) < 4.78 is 53.0. The first kappa shape index (κ1) is 18.0. The Morgan fingerprint density at radius 1 is 1.04 bits per heavy atom. The minimum atomic E-state index is -4.49. The van der Waals surface area contributed by atoms with E-state index in [9.17, 15) is 22.0 Å². The maximum Gasteiger partial charge on any atom is 0.246 e. The number of para-hydroxylation sites is 1. The molecule has 24 heavy (non-hydrogen) atoms. The van der Waals surface area contributed by atoms with Crippen molar-refractivity contribution in [2.45, 2.75) is 18.2 Å². The number of hydrogen-bond acceptors (Lipinski definition) is 3. The number of rotatable bonds is 6. The standard InChI is InChI=1S/C16H16F2N2O3S/c1-2-11-6-3-4-9-14(11)20-15(21)10-19-24(22,23)16-12(17)7-5-8-13(16)18/h3-9,19H,2,10H2,1H3,(H,20,21). The number of halogens is 2. The zero-order valence-electron chi connectivity index (χ0n) is 12.8. The minimum absolute atomic E-state index is 0.557. The summed E-state index contributed by atoms with van der Waals surface area (Å²) in [7, 11) is -4.49. The largest absolute Gasteiger partial charge is 0.325 e. The Morgan fingerprint density at radius 2 is 1.67 bits per heavy atom. The zero-order chi connectivity index (χ0) is 17.7. The minimum Gasteiger partial charge on any atom is -0.325 e. The molecule has 2 aromatic rings. The fraction of sp³-hybridized carbons (Fsp3) is 0.188. The van der Waals surface area contributed by atoms with E-state index in [-0.39, 0.29) is 0 Å². The van der Waals surface area contributed by atoms with Gasteiger partial charge in [-0.15, -0.1) is 0 Å². The first-order chi connectivity index (χ1) is 11.3. The number of anilines is 1. The third-order valence-corrected chi connectivity index (χ3v) is 4.73. The summed E-state index contributed by atoms with van der Waals surface area (Å²) >= 11 is 0. The van der Waals surface area contributed by atoms with Gasteiger partial charge < -0.3 is 5.32 Å². The molecule has 0 atom stereocenters. The lowest BCUT2D eigenvalue weighted by Crippen LogP contribution is -2.34. The fourth-order valence-corrected chi connectivity index (χ4v) is 3.23. The van der Waals surface area contributed by atoms with Gasteiger partial charge in [0.15, 0.2) is 4.90 Å². The van der Waals surface area contributed by atoms with E-state index in [1.807, 2.05) is 23.8 Å². The molecule has 0 aliphatic heterocycles. The summed E-state index contributed by atoms with van der Waals surface area (Å²) in [5, 5.41) is 2.56. The number of hydrogen-bond donors (Lipinski definition) is 2. The van der Waals surface area contributed by atoms with Crippen LogP contribution >= 0.6 is 0 Å². The Hall–Kier alpha value is -2.32. The van der Waals surface area contributed by atoms with Gasteiger partial charge in [0.05, 0.1) is 6.54 Å². The van der Waals surface area contributed by atoms with Crippen LogP contribution in [0.3, 0.4) is 0 Å². The van der Waals surface area contributed by atoms with Crippen LogP contribution in [-0.4, -0.2) is 20.9 Å². The Kier molecular flexibility index (Phi) is 5.63. The number of aryl methyl sites for hydroxylation is 1. The van der Waals surface area contributed by atoms with Crippen molar-refractivity contribution in [1.29, 1.82) is 0 Å². The summed E-state index contributed by atoms with van der Waals surface area (Å²) in [5.74, 6) is -3.09. The SMILES string of the molecule is CCc1ccccc1NC(=O)CNS(=O)(=O)c1c(F)cccc1F. The van der Waals surface area contributed by atoms with E-state index in [0.717, 1.165) is 23.8 Å². The molecule has 1 amide bonds. The summed E-state index contributed by atoms with van der Waals surface area (Å²) in [6, 6.07) is 9.77. The predicted molar refractivity (Wildman–Crippen MR) is 86.0 cm³/mol. The number of sulfonamides is 1. The molecule has 0 unspecified atom stereocenters. The molecule has 0 heterocycles. The molecule has 2 rings (SSSR count). The number of carbonyl (C=O) groups is 1. The van der Waals surface area contributed by atoms with Crippen molar-refractivity contribution >= 4 is 21.6 Å². The van der Waals surface area contributed by atoms with Crippen molar-refractivity contribution < 1.29 is 22.0 Å². The van der Waals surface area contributed by atoms with Crippen LogP contribution in [0.5, 0.6) is 0 Å². The van der Waals surface area contributed by atoms with E-state index in [0.29, 0.717) is 12.1 Å². The van der Waals surface area contributed by atoms with Crippen LogP contribution in [0.2, 0.25) is 0 Å². The third-order valence-electron chi connectivity index (χ3n) is 3.28. The molecule has 0 saturated carbocycles. The average molecular weight is 354 g/mol. The van der Waals surface area contributed by atoms with E-state index in [1.165, 1.54) is 0 Å². The molecular formula is C16H16F2N2O3S. The highest BCUT2D eigenvalue weighted by Crippen LogP contribution is 2.18. The van der Waals surface area contributed by atoms with Crippen molar-refractivity contribution in [2.24, 2.45) is 0 Å². The van der Waals surface area contributed by atoms with Gasteiger partial charge in [0.1, 0.15) is 11.6 Å². The van der Waals surface area contributed by atoms with Gasteiger partial charge in [-0.2, -0.15) is 0 Å². The summed E-state index contributed by atoms with van der Waals surface area (Å²) in [6.07, 6.45) is 0.683. The molecule has 5 nitrogen and oxygen atoms in total. The number of benzene rings is 2. The van der Waals surface area contributed by atoms with Gasteiger partial charge in [-0.3, -0.25) is 4.79 Å². The van der Waals surface area contributed by atoms with Crippen LogP contribution in [0.15, 0.2) is 47.4 Å². The van der Waals surface area contributed by atoms with Crippen LogP contribution in [-0.2, 0) is 21.2 Å². The predicted octanol–water partition coefficient (Wildman–Crippen LogP) is 2.44. The number of carbonyl (C=O) groups excluding carboxylic acids is 1. The normalized spacial score (nSPS) is 11.3. The molecule has 0 aliphatic rings. The maximum absolute atomic E-state index is 13.6. The highest BCUT2D eigenvalue weighted by Gasteiger charge is 2.24. The van der Waals surface area contributed by atoms with Crippen molar-refractivity contribution in [3.8, 4) is 0 Å². The maximum atomic E-state index is 13.6. The fourth-order valence-electron chi connectivity index (χ4n) is 2.12. The first-order valence-electron chi connectivity index (χ1n) is 7.16. The molecule has 0 radical (unpaired) electrons. The van der Waals surface area contributed by atoms with Crippen LogP contribution in [0.25, 0.3) is 0 Å².